The standard InChI is InChI=1S/C23H24N2O3/c1-4-27-22-13-19(23(26)25-20-9-7-16(2)12-17(20)3)8-10-21(22)28-15-18-6-5-11-24-14-18/h5-14H,4,15H2,1-3H3,(H,25,26). The average molecular weight is 376 g/mol. The van der Waals surface area contributed by atoms with E-state index in [1.807, 2.05) is 51.1 Å². The molecule has 144 valence electrons. The van der Waals surface area contributed by atoms with Crippen LogP contribution in [0.3, 0.4) is 0 Å². The van der Waals surface area contributed by atoms with Gasteiger partial charge in [-0.25, -0.2) is 0 Å². The number of anilines is 1. The Morgan fingerprint density at radius 1 is 1.04 bits per heavy atom. The molecule has 1 heterocycles. The fourth-order valence-corrected chi connectivity index (χ4v) is 2.83. The van der Waals surface area contributed by atoms with Gasteiger partial charge >= 0.3 is 0 Å². The molecule has 5 heteroatoms. The molecule has 0 spiro atoms. The molecular formula is C23H24N2O3. The summed E-state index contributed by atoms with van der Waals surface area (Å²) >= 11 is 0. The third kappa shape index (κ3) is 4.88. The molecule has 0 fully saturated rings. The lowest BCUT2D eigenvalue weighted by Crippen LogP contribution is -2.13. The van der Waals surface area contributed by atoms with Gasteiger partial charge in [-0.1, -0.05) is 23.8 Å². The van der Waals surface area contributed by atoms with Gasteiger partial charge in [-0.3, -0.25) is 9.78 Å². The van der Waals surface area contributed by atoms with E-state index in [0.29, 0.717) is 30.3 Å². The van der Waals surface area contributed by atoms with Crippen molar-refractivity contribution in [3.63, 3.8) is 0 Å². The monoisotopic (exact) mass is 376 g/mol. The number of hydrogen-bond acceptors (Lipinski definition) is 4. The van der Waals surface area contributed by atoms with E-state index < -0.39 is 0 Å². The summed E-state index contributed by atoms with van der Waals surface area (Å²) in [5.41, 5.74) is 4.45. The van der Waals surface area contributed by atoms with Crippen LogP contribution < -0.4 is 14.8 Å². The van der Waals surface area contributed by atoms with Gasteiger partial charge in [0.15, 0.2) is 11.5 Å². The van der Waals surface area contributed by atoms with E-state index >= 15 is 0 Å². The van der Waals surface area contributed by atoms with Crippen molar-refractivity contribution in [3.8, 4) is 11.5 Å². The first-order chi connectivity index (χ1) is 13.6. The number of nitrogens with zero attached hydrogens (tertiary/aromatic N) is 1. The third-order valence-corrected chi connectivity index (χ3v) is 4.25. The van der Waals surface area contributed by atoms with E-state index in [2.05, 4.69) is 10.3 Å². The normalized spacial score (nSPS) is 10.4. The summed E-state index contributed by atoms with van der Waals surface area (Å²) in [6.45, 7) is 6.75. The quantitative estimate of drug-likeness (QED) is 0.635. The molecule has 0 atom stereocenters. The second kappa shape index (κ2) is 9.04. The highest BCUT2D eigenvalue weighted by Crippen LogP contribution is 2.30. The van der Waals surface area contributed by atoms with Crippen LogP contribution in [0.4, 0.5) is 5.69 Å². The third-order valence-electron chi connectivity index (χ3n) is 4.25. The van der Waals surface area contributed by atoms with Crippen molar-refractivity contribution in [3.05, 3.63) is 83.2 Å². The largest absolute Gasteiger partial charge is 0.490 e. The maximum Gasteiger partial charge on any atom is 0.255 e. The second-order valence-electron chi connectivity index (χ2n) is 6.52. The Morgan fingerprint density at radius 2 is 1.89 bits per heavy atom. The van der Waals surface area contributed by atoms with Crippen LogP contribution in [0.15, 0.2) is 60.9 Å². The molecule has 2 aromatic carbocycles. The van der Waals surface area contributed by atoms with Crippen molar-refractivity contribution in [2.45, 2.75) is 27.4 Å². The number of rotatable bonds is 7. The molecule has 0 aliphatic carbocycles. The SMILES string of the molecule is CCOc1cc(C(=O)Nc2ccc(C)cc2C)ccc1OCc1cccnc1. The van der Waals surface area contributed by atoms with Gasteiger partial charge in [0.25, 0.3) is 5.91 Å². The van der Waals surface area contributed by atoms with Crippen LogP contribution in [0.5, 0.6) is 11.5 Å². The van der Waals surface area contributed by atoms with Crippen molar-refractivity contribution >= 4 is 11.6 Å². The molecule has 0 unspecified atom stereocenters. The van der Waals surface area contributed by atoms with E-state index in [0.717, 1.165) is 22.4 Å². The van der Waals surface area contributed by atoms with Crippen LogP contribution in [-0.4, -0.2) is 17.5 Å². The Kier molecular flexibility index (Phi) is 6.27. The van der Waals surface area contributed by atoms with Crippen molar-refractivity contribution < 1.29 is 14.3 Å². The summed E-state index contributed by atoms with van der Waals surface area (Å²) in [5.74, 6) is 0.945. The summed E-state index contributed by atoms with van der Waals surface area (Å²) in [6, 6.07) is 14.9. The number of nitrogens with one attached hydrogen (secondary N) is 1. The van der Waals surface area contributed by atoms with E-state index in [1.165, 1.54) is 0 Å². The number of carbonyl (C=O) groups is 1. The minimum absolute atomic E-state index is 0.188. The molecular weight excluding hydrogens is 352 g/mol. The molecule has 0 aliphatic rings. The predicted molar refractivity (Wildman–Crippen MR) is 110 cm³/mol. The molecule has 5 nitrogen and oxygen atoms in total. The molecule has 0 saturated heterocycles. The van der Waals surface area contributed by atoms with E-state index in [4.69, 9.17) is 9.47 Å². The van der Waals surface area contributed by atoms with Crippen molar-refractivity contribution in [1.29, 1.82) is 0 Å². The maximum absolute atomic E-state index is 12.7. The lowest BCUT2D eigenvalue weighted by molar-refractivity contribution is 0.102. The zero-order valence-electron chi connectivity index (χ0n) is 16.4. The minimum Gasteiger partial charge on any atom is -0.490 e. The molecule has 0 saturated carbocycles. The molecule has 28 heavy (non-hydrogen) atoms. The molecule has 0 bridgehead atoms. The van der Waals surface area contributed by atoms with E-state index in [1.54, 1.807) is 30.6 Å². The lowest BCUT2D eigenvalue weighted by atomic mass is 10.1. The topological polar surface area (TPSA) is 60.5 Å². The number of benzene rings is 2. The van der Waals surface area contributed by atoms with Gasteiger partial charge in [-0.2, -0.15) is 0 Å². The lowest BCUT2D eigenvalue weighted by Gasteiger charge is -2.14. The van der Waals surface area contributed by atoms with Gasteiger partial charge in [0.1, 0.15) is 6.61 Å². The van der Waals surface area contributed by atoms with Crippen LogP contribution in [-0.2, 0) is 6.61 Å². The predicted octanol–water partition coefficient (Wildman–Crippen LogP) is 4.93. The molecule has 3 aromatic rings. The van der Waals surface area contributed by atoms with Crippen molar-refractivity contribution in [2.24, 2.45) is 0 Å². The van der Waals surface area contributed by atoms with Crippen molar-refractivity contribution in [2.75, 3.05) is 11.9 Å². The zero-order valence-corrected chi connectivity index (χ0v) is 16.4. The molecule has 1 N–H and O–H groups in total. The van der Waals surface area contributed by atoms with Gasteiger partial charge in [0, 0.05) is 29.2 Å². The van der Waals surface area contributed by atoms with Crippen LogP contribution >= 0.6 is 0 Å². The average Bonchev–Trinajstić information content (AvgIpc) is 2.70. The molecule has 0 radical (unpaired) electrons. The summed E-state index contributed by atoms with van der Waals surface area (Å²) in [5, 5.41) is 2.96. The number of pyridine rings is 1. The first-order valence-corrected chi connectivity index (χ1v) is 9.24. The Morgan fingerprint density at radius 3 is 2.61 bits per heavy atom. The maximum atomic E-state index is 12.7. The van der Waals surface area contributed by atoms with Gasteiger partial charge in [0.05, 0.1) is 6.61 Å². The van der Waals surface area contributed by atoms with E-state index in [-0.39, 0.29) is 5.91 Å². The minimum atomic E-state index is -0.188. The number of carbonyl (C=O) groups excluding carboxylic acids is 1. The summed E-state index contributed by atoms with van der Waals surface area (Å²) in [7, 11) is 0. The first-order valence-electron chi connectivity index (χ1n) is 9.24. The zero-order chi connectivity index (χ0) is 19.9. The Labute approximate surface area is 165 Å². The summed E-state index contributed by atoms with van der Waals surface area (Å²) in [4.78, 5) is 16.8. The van der Waals surface area contributed by atoms with E-state index in [9.17, 15) is 4.79 Å². The van der Waals surface area contributed by atoms with Gasteiger partial charge < -0.3 is 14.8 Å². The molecule has 1 aromatic heterocycles. The molecule has 0 aliphatic heterocycles. The number of aromatic nitrogens is 1. The van der Waals surface area contributed by atoms with Crippen LogP contribution in [0, 0.1) is 13.8 Å². The van der Waals surface area contributed by atoms with Gasteiger partial charge in [-0.05, 0) is 56.7 Å². The molecule has 3 rings (SSSR count). The molecule has 1 amide bonds. The van der Waals surface area contributed by atoms with Crippen LogP contribution in [0.1, 0.15) is 34.0 Å². The smallest absolute Gasteiger partial charge is 0.255 e. The highest BCUT2D eigenvalue weighted by molar-refractivity contribution is 6.05. The number of aryl methyl sites for hydroxylation is 2. The Bertz CT molecular complexity index is 955. The first kappa shape index (κ1) is 19.4. The van der Waals surface area contributed by atoms with Crippen molar-refractivity contribution in [1.82, 2.24) is 4.98 Å². The number of amides is 1. The Hall–Kier alpha value is -3.34. The Balaban J connectivity index is 1.76. The van der Waals surface area contributed by atoms with Crippen LogP contribution in [0.25, 0.3) is 0 Å². The fraction of sp³-hybridized carbons (Fsp3) is 0.217. The van der Waals surface area contributed by atoms with Gasteiger partial charge in [-0.15, -0.1) is 0 Å². The van der Waals surface area contributed by atoms with Crippen LogP contribution in [0.2, 0.25) is 0 Å². The number of ether oxygens (including phenoxy) is 2. The summed E-state index contributed by atoms with van der Waals surface area (Å²) in [6.07, 6.45) is 3.48. The highest BCUT2D eigenvalue weighted by atomic mass is 16.5. The van der Waals surface area contributed by atoms with Gasteiger partial charge in [0.2, 0.25) is 0 Å². The second-order valence-corrected chi connectivity index (χ2v) is 6.52. The summed E-state index contributed by atoms with van der Waals surface area (Å²) < 4.78 is 11.5. The number of hydrogen-bond donors (Lipinski definition) is 1. The highest BCUT2D eigenvalue weighted by Gasteiger charge is 2.13. The fourth-order valence-electron chi connectivity index (χ4n) is 2.83.